The maximum absolute atomic E-state index is 12.1. The quantitative estimate of drug-likeness (QED) is 0.821. The first kappa shape index (κ1) is 13.4. The molecule has 1 aliphatic rings. The van der Waals surface area contributed by atoms with Gasteiger partial charge in [-0.2, -0.15) is 0 Å². The Bertz CT molecular complexity index is 520. The molecule has 18 heavy (non-hydrogen) atoms. The molecule has 0 aromatic heterocycles. The number of rotatable bonds is 4. The normalized spacial score (nSPS) is 18.9. The fourth-order valence-electron chi connectivity index (χ4n) is 2.57. The Kier molecular flexibility index (Phi) is 3.64. The van der Waals surface area contributed by atoms with E-state index in [9.17, 15) is 8.42 Å². The summed E-state index contributed by atoms with van der Waals surface area (Å²) < 4.78 is 27.1. The van der Waals surface area contributed by atoms with E-state index in [-0.39, 0.29) is 11.3 Å². The summed E-state index contributed by atoms with van der Waals surface area (Å²) in [6, 6.07) is 7.02. The Morgan fingerprint density at radius 2 is 2.00 bits per heavy atom. The van der Waals surface area contributed by atoms with Crippen molar-refractivity contribution >= 4 is 15.7 Å². The summed E-state index contributed by atoms with van der Waals surface area (Å²) in [4.78, 5) is 0. The second kappa shape index (κ2) is 4.90. The lowest BCUT2D eigenvalue weighted by Crippen LogP contribution is -2.43. The molecule has 1 aromatic rings. The van der Waals surface area contributed by atoms with Crippen molar-refractivity contribution in [2.45, 2.75) is 43.9 Å². The van der Waals surface area contributed by atoms with Gasteiger partial charge in [0.2, 0.25) is 10.0 Å². The van der Waals surface area contributed by atoms with Gasteiger partial charge in [0.1, 0.15) is 0 Å². The summed E-state index contributed by atoms with van der Waals surface area (Å²) >= 11 is 0. The first-order chi connectivity index (χ1) is 8.39. The number of sulfonamides is 1. The number of nitrogens with one attached hydrogen (secondary N) is 1. The molecule has 2 rings (SSSR count). The Morgan fingerprint density at radius 3 is 2.61 bits per heavy atom. The average molecular weight is 268 g/mol. The van der Waals surface area contributed by atoms with Crippen molar-refractivity contribution in [3.05, 3.63) is 29.8 Å². The summed E-state index contributed by atoms with van der Waals surface area (Å²) in [5, 5.41) is 0. The van der Waals surface area contributed by atoms with Crippen molar-refractivity contribution in [3.8, 4) is 0 Å². The van der Waals surface area contributed by atoms with Gasteiger partial charge in [-0.15, -0.1) is 0 Å². The van der Waals surface area contributed by atoms with Gasteiger partial charge in [-0.25, -0.2) is 13.1 Å². The van der Waals surface area contributed by atoms with Gasteiger partial charge in [-0.1, -0.05) is 25.0 Å². The second-order valence-electron chi connectivity index (χ2n) is 5.37. The van der Waals surface area contributed by atoms with Gasteiger partial charge >= 0.3 is 0 Å². The standard InChI is InChI=1S/C13H20N2O2S/c1-13(7-2-3-8-13)15-18(16,17)10-11-5-4-6-12(14)9-11/h4-6,9,15H,2-3,7-8,10,14H2,1H3. The van der Waals surface area contributed by atoms with E-state index in [0.717, 1.165) is 31.2 Å². The molecule has 1 fully saturated rings. The van der Waals surface area contributed by atoms with Crippen molar-refractivity contribution < 1.29 is 8.42 Å². The fourth-order valence-corrected chi connectivity index (χ4v) is 4.22. The third kappa shape index (κ3) is 3.46. The molecule has 5 heteroatoms. The van der Waals surface area contributed by atoms with E-state index < -0.39 is 10.0 Å². The Labute approximate surface area is 109 Å². The predicted octanol–water partition coefficient (Wildman–Crippen LogP) is 2.02. The van der Waals surface area contributed by atoms with Crippen LogP contribution in [0.4, 0.5) is 5.69 Å². The first-order valence-electron chi connectivity index (χ1n) is 6.25. The molecule has 1 aliphatic carbocycles. The molecule has 4 nitrogen and oxygen atoms in total. The molecule has 1 aromatic carbocycles. The zero-order chi connectivity index (χ0) is 13.2. The molecule has 0 radical (unpaired) electrons. The van der Waals surface area contributed by atoms with Crippen LogP contribution in [0.2, 0.25) is 0 Å². The molecule has 100 valence electrons. The third-order valence-electron chi connectivity index (χ3n) is 3.42. The van der Waals surface area contributed by atoms with Crippen LogP contribution in [0.25, 0.3) is 0 Å². The highest BCUT2D eigenvalue weighted by Gasteiger charge is 2.32. The van der Waals surface area contributed by atoms with Crippen LogP contribution in [0.1, 0.15) is 38.2 Å². The van der Waals surface area contributed by atoms with E-state index in [1.807, 2.05) is 6.92 Å². The topological polar surface area (TPSA) is 72.2 Å². The number of hydrogen-bond donors (Lipinski definition) is 2. The Hall–Kier alpha value is -1.07. The minimum absolute atomic E-state index is 0.00632. The molecule has 3 N–H and O–H groups in total. The maximum atomic E-state index is 12.1. The predicted molar refractivity (Wildman–Crippen MR) is 73.5 cm³/mol. The lowest BCUT2D eigenvalue weighted by atomic mass is 10.0. The number of anilines is 1. The third-order valence-corrected chi connectivity index (χ3v) is 4.93. The molecular weight excluding hydrogens is 248 g/mol. The fraction of sp³-hybridized carbons (Fsp3) is 0.538. The van der Waals surface area contributed by atoms with Crippen LogP contribution in [0.3, 0.4) is 0 Å². The van der Waals surface area contributed by atoms with Gasteiger partial charge in [-0.3, -0.25) is 0 Å². The van der Waals surface area contributed by atoms with Crippen LogP contribution < -0.4 is 10.5 Å². The van der Waals surface area contributed by atoms with E-state index in [4.69, 9.17) is 5.73 Å². The van der Waals surface area contributed by atoms with Gasteiger partial charge in [-0.05, 0) is 37.5 Å². The van der Waals surface area contributed by atoms with Gasteiger partial charge < -0.3 is 5.73 Å². The lowest BCUT2D eigenvalue weighted by Gasteiger charge is -2.24. The second-order valence-corrected chi connectivity index (χ2v) is 7.10. The van der Waals surface area contributed by atoms with Crippen molar-refractivity contribution in [2.75, 3.05) is 5.73 Å². The highest BCUT2D eigenvalue weighted by Crippen LogP contribution is 2.30. The van der Waals surface area contributed by atoms with Gasteiger partial charge in [0.15, 0.2) is 0 Å². The van der Waals surface area contributed by atoms with Gasteiger partial charge in [0.05, 0.1) is 5.75 Å². The Morgan fingerprint density at radius 1 is 1.33 bits per heavy atom. The monoisotopic (exact) mass is 268 g/mol. The summed E-state index contributed by atoms with van der Waals surface area (Å²) in [5.41, 5.74) is 6.71. The molecule has 0 unspecified atom stereocenters. The van der Waals surface area contributed by atoms with Crippen LogP contribution in [-0.4, -0.2) is 14.0 Å². The Balaban J connectivity index is 2.08. The van der Waals surface area contributed by atoms with Crippen LogP contribution >= 0.6 is 0 Å². The molecule has 0 saturated heterocycles. The molecule has 0 bridgehead atoms. The summed E-state index contributed by atoms with van der Waals surface area (Å²) in [5.74, 6) is -0.00632. The van der Waals surface area contributed by atoms with Crippen molar-refractivity contribution in [1.29, 1.82) is 0 Å². The van der Waals surface area contributed by atoms with E-state index in [1.165, 1.54) is 0 Å². The van der Waals surface area contributed by atoms with E-state index >= 15 is 0 Å². The SMILES string of the molecule is CC1(NS(=O)(=O)Cc2cccc(N)c2)CCCC1. The molecule has 1 saturated carbocycles. The number of benzene rings is 1. The molecule has 0 atom stereocenters. The molecule has 0 aliphatic heterocycles. The zero-order valence-electron chi connectivity index (χ0n) is 10.6. The summed E-state index contributed by atoms with van der Waals surface area (Å²) in [7, 11) is -3.30. The van der Waals surface area contributed by atoms with Crippen molar-refractivity contribution in [3.63, 3.8) is 0 Å². The van der Waals surface area contributed by atoms with Gasteiger partial charge in [0.25, 0.3) is 0 Å². The maximum Gasteiger partial charge on any atom is 0.216 e. The molecule has 0 amide bonds. The van der Waals surface area contributed by atoms with Gasteiger partial charge in [0, 0.05) is 11.2 Å². The van der Waals surface area contributed by atoms with Crippen molar-refractivity contribution in [1.82, 2.24) is 4.72 Å². The minimum atomic E-state index is -3.30. The highest BCUT2D eigenvalue weighted by atomic mass is 32.2. The lowest BCUT2D eigenvalue weighted by molar-refractivity contribution is 0.427. The van der Waals surface area contributed by atoms with E-state index in [2.05, 4.69) is 4.72 Å². The molecule has 0 heterocycles. The van der Waals surface area contributed by atoms with Crippen LogP contribution in [0, 0.1) is 0 Å². The highest BCUT2D eigenvalue weighted by molar-refractivity contribution is 7.88. The number of nitrogen functional groups attached to an aromatic ring is 1. The van der Waals surface area contributed by atoms with Crippen LogP contribution in [0.5, 0.6) is 0 Å². The zero-order valence-corrected chi connectivity index (χ0v) is 11.5. The summed E-state index contributed by atoms with van der Waals surface area (Å²) in [6.07, 6.45) is 4.03. The molecule has 0 spiro atoms. The first-order valence-corrected chi connectivity index (χ1v) is 7.90. The number of hydrogen-bond acceptors (Lipinski definition) is 3. The summed E-state index contributed by atoms with van der Waals surface area (Å²) in [6.45, 7) is 1.98. The largest absolute Gasteiger partial charge is 0.399 e. The van der Waals surface area contributed by atoms with E-state index in [1.54, 1.807) is 24.3 Å². The molecular formula is C13H20N2O2S. The average Bonchev–Trinajstić information content (AvgIpc) is 2.62. The minimum Gasteiger partial charge on any atom is -0.399 e. The van der Waals surface area contributed by atoms with E-state index in [0.29, 0.717) is 5.69 Å². The van der Waals surface area contributed by atoms with Crippen LogP contribution in [-0.2, 0) is 15.8 Å². The van der Waals surface area contributed by atoms with Crippen LogP contribution in [0.15, 0.2) is 24.3 Å². The smallest absolute Gasteiger partial charge is 0.216 e. The number of nitrogens with two attached hydrogens (primary N) is 1. The van der Waals surface area contributed by atoms with Crippen molar-refractivity contribution in [2.24, 2.45) is 0 Å².